The molecule has 2 heteroatoms. The zero-order valence-electron chi connectivity index (χ0n) is 11.3. The van der Waals surface area contributed by atoms with Crippen molar-refractivity contribution < 1.29 is 9.90 Å². The van der Waals surface area contributed by atoms with E-state index in [1.165, 1.54) is 11.1 Å². The van der Waals surface area contributed by atoms with Gasteiger partial charge >= 0.3 is 5.97 Å². The van der Waals surface area contributed by atoms with Gasteiger partial charge in [-0.05, 0) is 42.7 Å². The summed E-state index contributed by atoms with van der Waals surface area (Å²) in [5, 5.41) is 9.02. The van der Waals surface area contributed by atoms with Gasteiger partial charge in [0.05, 0.1) is 6.42 Å². The predicted molar refractivity (Wildman–Crippen MR) is 72.9 cm³/mol. The number of benzene rings is 1. The summed E-state index contributed by atoms with van der Waals surface area (Å²) >= 11 is 0. The van der Waals surface area contributed by atoms with Crippen molar-refractivity contribution in [1.29, 1.82) is 0 Å². The molecule has 0 heterocycles. The van der Waals surface area contributed by atoms with Crippen molar-refractivity contribution in [3.63, 3.8) is 0 Å². The second kappa shape index (κ2) is 5.13. The molecule has 0 saturated heterocycles. The lowest BCUT2D eigenvalue weighted by Crippen LogP contribution is -2.13. The molecule has 2 nitrogen and oxygen atoms in total. The number of aliphatic carboxylic acids is 1. The summed E-state index contributed by atoms with van der Waals surface area (Å²) in [6.45, 7) is 4.43. The summed E-state index contributed by atoms with van der Waals surface area (Å²) in [6.07, 6.45) is 4.61. The van der Waals surface area contributed by atoms with Crippen LogP contribution in [0.15, 0.2) is 24.3 Å². The maximum Gasteiger partial charge on any atom is 0.304 e. The van der Waals surface area contributed by atoms with E-state index in [-0.39, 0.29) is 11.8 Å². The molecule has 1 aliphatic carbocycles. The molecule has 0 aromatic heterocycles. The molecule has 0 radical (unpaired) electrons. The van der Waals surface area contributed by atoms with Crippen molar-refractivity contribution in [2.24, 2.45) is 0 Å². The second-order valence-corrected chi connectivity index (χ2v) is 5.49. The SMILES string of the molecule is CCC(CC)c1cccc(C2(CC(=O)O)CC2)c1. The molecule has 1 aromatic rings. The third kappa shape index (κ3) is 2.58. The van der Waals surface area contributed by atoms with Crippen LogP contribution in [-0.2, 0) is 10.2 Å². The molecule has 0 amide bonds. The summed E-state index contributed by atoms with van der Waals surface area (Å²) in [7, 11) is 0. The number of carboxylic acids is 1. The third-order valence-electron chi connectivity index (χ3n) is 4.30. The first-order valence-electron chi connectivity index (χ1n) is 6.93. The monoisotopic (exact) mass is 246 g/mol. The van der Waals surface area contributed by atoms with Crippen LogP contribution in [0.1, 0.15) is 63.0 Å². The molecule has 0 spiro atoms. The Balaban J connectivity index is 2.24. The van der Waals surface area contributed by atoms with Crippen molar-refractivity contribution in [1.82, 2.24) is 0 Å². The van der Waals surface area contributed by atoms with Crippen LogP contribution < -0.4 is 0 Å². The molecule has 0 bridgehead atoms. The first-order valence-corrected chi connectivity index (χ1v) is 6.93. The molecule has 0 aliphatic heterocycles. The maximum atomic E-state index is 11.0. The molecule has 98 valence electrons. The molecule has 0 atom stereocenters. The fraction of sp³-hybridized carbons (Fsp3) is 0.562. The van der Waals surface area contributed by atoms with Crippen molar-refractivity contribution in [3.05, 3.63) is 35.4 Å². The topological polar surface area (TPSA) is 37.3 Å². The molecule has 1 saturated carbocycles. The number of carbonyl (C=O) groups is 1. The Hall–Kier alpha value is -1.31. The second-order valence-electron chi connectivity index (χ2n) is 5.49. The van der Waals surface area contributed by atoms with Crippen molar-refractivity contribution >= 4 is 5.97 Å². The Bertz CT molecular complexity index is 428. The number of carboxylic acid groups (broad SMARTS) is 1. The van der Waals surface area contributed by atoms with Crippen LogP contribution in [0.4, 0.5) is 0 Å². The maximum absolute atomic E-state index is 11.0. The van der Waals surface area contributed by atoms with E-state index in [1.54, 1.807) is 0 Å². The molecule has 1 aliphatic rings. The van der Waals surface area contributed by atoms with Crippen molar-refractivity contribution in [2.75, 3.05) is 0 Å². The van der Waals surface area contributed by atoms with Gasteiger partial charge < -0.3 is 5.11 Å². The lowest BCUT2D eigenvalue weighted by atomic mass is 9.87. The van der Waals surface area contributed by atoms with Crippen LogP contribution in [0.2, 0.25) is 0 Å². The Morgan fingerprint density at radius 3 is 2.50 bits per heavy atom. The average molecular weight is 246 g/mol. The van der Waals surface area contributed by atoms with Gasteiger partial charge in [-0.3, -0.25) is 4.79 Å². The van der Waals surface area contributed by atoms with Gasteiger partial charge in [0, 0.05) is 5.41 Å². The molecular formula is C16H22O2. The molecular weight excluding hydrogens is 224 g/mol. The number of hydrogen-bond acceptors (Lipinski definition) is 1. The van der Waals surface area contributed by atoms with Gasteiger partial charge in [-0.25, -0.2) is 0 Å². The minimum Gasteiger partial charge on any atom is -0.481 e. The van der Waals surface area contributed by atoms with Crippen LogP contribution in [0, 0.1) is 0 Å². The van der Waals surface area contributed by atoms with E-state index in [9.17, 15) is 4.79 Å². The predicted octanol–water partition coefficient (Wildman–Crippen LogP) is 4.10. The smallest absolute Gasteiger partial charge is 0.304 e. The Labute approximate surface area is 109 Å². The Morgan fingerprint density at radius 1 is 1.33 bits per heavy atom. The van der Waals surface area contributed by atoms with Crippen LogP contribution in [0.3, 0.4) is 0 Å². The molecule has 2 rings (SSSR count). The molecule has 1 N–H and O–H groups in total. The third-order valence-corrected chi connectivity index (χ3v) is 4.30. The zero-order valence-corrected chi connectivity index (χ0v) is 11.3. The molecule has 1 fully saturated rings. The summed E-state index contributed by atoms with van der Waals surface area (Å²) in [5.74, 6) is -0.0778. The minimum atomic E-state index is -0.680. The van der Waals surface area contributed by atoms with Gasteiger partial charge in [0.1, 0.15) is 0 Å². The van der Waals surface area contributed by atoms with Crippen LogP contribution in [0.5, 0.6) is 0 Å². The van der Waals surface area contributed by atoms with Gasteiger partial charge in [-0.2, -0.15) is 0 Å². The van der Waals surface area contributed by atoms with E-state index in [0.717, 1.165) is 25.7 Å². The van der Waals surface area contributed by atoms with E-state index in [0.29, 0.717) is 5.92 Å². The minimum absolute atomic E-state index is 0.0616. The molecule has 0 unspecified atom stereocenters. The summed E-state index contributed by atoms with van der Waals surface area (Å²) in [4.78, 5) is 11.0. The lowest BCUT2D eigenvalue weighted by molar-refractivity contribution is -0.137. The van der Waals surface area contributed by atoms with E-state index >= 15 is 0 Å². The van der Waals surface area contributed by atoms with Gasteiger partial charge in [-0.1, -0.05) is 38.1 Å². The highest BCUT2D eigenvalue weighted by Gasteiger charge is 2.45. The van der Waals surface area contributed by atoms with Crippen molar-refractivity contribution in [3.8, 4) is 0 Å². The van der Waals surface area contributed by atoms with E-state index in [1.807, 2.05) is 0 Å². The van der Waals surface area contributed by atoms with Crippen LogP contribution >= 0.6 is 0 Å². The van der Waals surface area contributed by atoms with Gasteiger partial charge in [-0.15, -0.1) is 0 Å². The number of rotatable bonds is 6. The summed E-state index contributed by atoms with van der Waals surface area (Å²) in [5.41, 5.74) is 2.54. The zero-order chi connectivity index (χ0) is 13.2. The van der Waals surface area contributed by atoms with E-state index < -0.39 is 5.97 Å². The van der Waals surface area contributed by atoms with Crippen molar-refractivity contribution in [2.45, 2.75) is 57.3 Å². The highest BCUT2D eigenvalue weighted by Crippen LogP contribution is 2.51. The van der Waals surface area contributed by atoms with E-state index in [2.05, 4.69) is 38.1 Å². The normalized spacial score (nSPS) is 16.8. The fourth-order valence-corrected chi connectivity index (χ4v) is 2.89. The average Bonchev–Trinajstić information content (AvgIpc) is 3.11. The Morgan fingerprint density at radius 2 is 2.00 bits per heavy atom. The van der Waals surface area contributed by atoms with Crippen LogP contribution in [-0.4, -0.2) is 11.1 Å². The Kier molecular flexibility index (Phi) is 3.74. The first-order chi connectivity index (χ1) is 8.61. The summed E-state index contributed by atoms with van der Waals surface area (Å²) in [6, 6.07) is 8.61. The lowest BCUT2D eigenvalue weighted by Gasteiger charge is -2.18. The molecule has 1 aromatic carbocycles. The van der Waals surface area contributed by atoms with Crippen LogP contribution in [0.25, 0.3) is 0 Å². The first kappa shape index (κ1) is 13.1. The van der Waals surface area contributed by atoms with Gasteiger partial charge in [0.2, 0.25) is 0 Å². The standard InChI is InChI=1S/C16H22O2/c1-3-12(4-2)13-6-5-7-14(10-13)16(8-9-16)11-15(17)18/h5-7,10,12H,3-4,8-9,11H2,1-2H3,(H,17,18). The van der Waals surface area contributed by atoms with Gasteiger partial charge in [0.25, 0.3) is 0 Å². The summed E-state index contributed by atoms with van der Waals surface area (Å²) < 4.78 is 0. The fourth-order valence-electron chi connectivity index (χ4n) is 2.89. The molecule has 18 heavy (non-hydrogen) atoms. The van der Waals surface area contributed by atoms with E-state index in [4.69, 9.17) is 5.11 Å². The highest BCUT2D eigenvalue weighted by molar-refractivity contribution is 5.70. The van der Waals surface area contributed by atoms with Gasteiger partial charge in [0.15, 0.2) is 0 Å². The number of hydrogen-bond donors (Lipinski definition) is 1. The quantitative estimate of drug-likeness (QED) is 0.820. The largest absolute Gasteiger partial charge is 0.481 e. The highest BCUT2D eigenvalue weighted by atomic mass is 16.4.